The van der Waals surface area contributed by atoms with Crippen LogP contribution in [0.2, 0.25) is 10.0 Å². The highest BCUT2D eigenvalue weighted by atomic mass is 35.5. The molecule has 0 radical (unpaired) electrons. The molecule has 24 heavy (non-hydrogen) atoms. The molecule has 8 nitrogen and oxygen atoms in total. The molecular weight excluding hydrogens is 355 g/mol. The van der Waals surface area contributed by atoms with E-state index in [0.29, 0.717) is 28.8 Å². The largest absolute Gasteiger partial charge is 0.363 e. The van der Waals surface area contributed by atoms with Gasteiger partial charge in [0.15, 0.2) is 0 Å². The molecule has 2 aromatic rings. The number of rotatable bonds is 7. The van der Waals surface area contributed by atoms with Crippen LogP contribution < -0.4 is 10.6 Å². The van der Waals surface area contributed by atoms with E-state index >= 15 is 0 Å². The lowest BCUT2D eigenvalue weighted by Crippen LogP contribution is -2.21. The quantitative estimate of drug-likeness (QED) is 0.569. The number of benzene rings is 1. The van der Waals surface area contributed by atoms with E-state index in [4.69, 9.17) is 23.2 Å². The lowest BCUT2D eigenvalue weighted by atomic mass is 10.3. The van der Waals surface area contributed by atoms with Gasteiger partial charge in [0.05, 0.1) is 15.0 Å². The Hall–Kier alpha value is -2.16. The molecule has 0 amide bonds. The van der Waals surface area contributed by atoms with Crippen LogP contribution in [0.1, 0.15) is 0 Å². The molecule has 1 heterocycles. The summed E-state index contributed by atoms with van der Waals surface area (Å²) in [6, 6.07) is 4.96. The average Bonchev–Trinajstić information content (AvgIpc) is 2.50. The van der Waals surface area contributed by atoms with E-state index in [1.165, 1.54) is 0 Å². The highest BCUT2D eigenvalue weighted by Crippen LogP contribution is 2.27. The van der Waals surface area contributed by atoms with Gasteiger partial charge < -0.3 is 15.5 Å². The van der Waals surface area contributed by atoms with Gasteiger partial charge in [-0.15, -0.1) is 0 Å². The van der Waals surface area contributed by atoms with Crippen molar-refractivity contribution < 1.29 is 4.92 Å². The number of hydrogen-bond donors (Lipinski definition) is 2. The lowest BCUT2D eigenvalue weighted by Gasteiger charge is -2.12. The Morgan fingerprint density at radius 2 is 2.04 bits per heavy atom. The summed E-state index contributed by atoms with van der Waals surface area (Å²) < 4.78 is 0. The second kappa shape index (κ2) is 8.09. The molecule has 0 unspecified atom stereocenters. The van der Waals surface area contributed by atoms with Crippen molar-refractivity contribution in [2.45, 2.75) is 0 Å². The third kappa shape index (κ3) is 4.92. The molecule has 0 atom stereocenters. The van der Waals surface area contributed by atoms with Crippen LogP contribution >= 0.6 is 23.2 Å². The van der Waals surface area contributed by atoms with Gasteiger partial charge in [0.2, 0.25) is 11.8 Å². The van der Waals surface area contributed by atoms with Gasteiger partial charge in [0.25, 0.3) is 0 Å². The third-order valence-corrected chi connectivity index (χ3v) is 3.73. The number of halogens is 2. The van der Waals surface area contributed by atoms with E-state index in [1.54, 1.807) is 18.2 Å². The normalized spacial score (nSPS) is 10.7. The maximum atomic E-state index is 11.1. The first-order chi connectivity index (χ1) is 11.4. The number of anilines is 3. The van der Waals surface area contributed by atoms with Crippen LogP contribution in [-0.4, -0.2) is 47.0 Å². The standard InChI is InChI=1S/C14H16Cl2N6O2/c1-21(2)6-5-17-13-12(22(23)24)8-18-14(20-13)19-9-3-4-10(15)11(16)7-9/h3-4,7-8H,5-6H2,1-2H3,(H2,17,18,19,20). The first kappa shape index (κ1) is 18.2. The summed E-state index contributed by atoms with van der Waals surface area (Å²) in [5.41, 5.74) is 0.436. The maximum Gasteiger partial charge on any atom is 0.329 e. The fraction of sp³-hybridized carbons (Fsp3) is 0.286. The number of nitro groups is 1. The van der Waals surface area contributed by atoms with Crippen LogP contribution in [-0.2, 0) is 0 Å². The van der Waals surface area contributed by atoms with E-state index in [0.717, 1.165) is 6.20 Å². The molecule has 128 valence electrons. The molecule has 2 rings (SSSR count). The van der Waals surface area contributed by atoms with Gasteiger partial charge >= 0.3 is 5.69 Å². The minimum absolute atomic E-state index is 0.152. The van der Waals surface area contributed by atoms with Crippen molar-refractivity contribution >= 4 is 46.3 Å². The zero-order valence-electron chi connectivity index (χ0n) is 13.1. The summed E-state index contributed by atoms with van der Waals surface area (Å²) in [6.07, 6.45) is 1.16. The summed E-state index contributed by atoms with van der Waals surface area (Å²) in [7, 11) is 3.82. The number of hydrogen-bond acceptors (Lipinski definition) is 7. The minimum atomic E-state index is -0.527. The van der Waals surface area contributed by atoms with Crippen LogP contribution in [0.4, 0.5) is 23.1 Å². The second-order valence-corrected chi connectivity index (χ2v) is 5.98. The molecular formula is C14H16Cl2N6O2. The van der Waals surface area contributed by atoms with Gasteiger partial charge in [-0.05, 0) is 32.3 Å². The van der Waals surface area contributed by atoms with Crippen molar-refractivity contribution in [3.63, 3.8) is 0 Å². The zero-order valence-corrected chi connectivity index (χ0v) is 14.6. The molecule has 0 spiro atoms. The zero-order chi connectivity index (χ0) is 17.7. The topological polar surface area (TPSA) is 96.2 Å². The first-order valence-corrected chi connectivity index (χ1v) is 7.74. The summed E-state index contributed by atoms with van der Waals surface area (Å²) in [5.74, 6) is 0.366. The number of nitrogens with one attached hydrogen (secondary N) is 2. The summed E-state index contributed by atoms with van der Waals surface area (Å²) in [4.78, 5) is 20.6. The van der Waals surface area contributed by atoms with Crippen LogP contribution in [0.3, 0.4) is 0 Å². The van der Waals surface area contributed by atoms with Crippen molar-refractivity contribution in [3.05, 3.63) is 44.6 Å². The minimum Gasteiger partial charge on any atom is -0.363 e. The molecule has 2 N–H and O–H groups in total. The van der Waals surface area contributed by atoms with E-state index < -0.39 is 4.92 Å². The maximum absolute atomic E-state index is 11.1. The Labute approximate surface area is 149 Å². The highest BCUT2D eigenvalue weighted by molar-refractivity contribution is 6.42. The summed E-state index contributed by atoms with van der Waals surface area (Å²) >= 11 is 11.8. The Morgan fingerprint density at radius 3 is 2.67 bits per heavy atom. The Balaban J connectivity index is 2.21. The van der Waals surface area contributed by atoms with Gasteiger partial charge in [-0.1, -0.05) is 23.2 Å². The molecule has 1 aromatic carbocycles. The Kier molecular flexibility index (Phi) is 6.13. The number of nitrogens with zero attached hydrogens (tertiary/aromatic N) is 4. The predicted octanol–water partition coefficient (Wildman–Crippen LogP) is 3.41. The summed E-state index contributed by atoms with van der Waals surface area (Å²) in [6.45, 7) is 1.22. The van der Waals surface area contributed by atoms with Crippen molar-refractivity contribution in [3.8, 4) is 0 Å². The van der Waals surface area contributed by atoms with Crippen LogP contribution in [0.15, 0.2) is 24.4 Å². The lowest BCUT2D eigenvalue weighted by molar-refractivity contribution is -0.384. The van der Waals surface area contributed by atoms with Gasteiger partial charge in [-0.2, -0.15) is 4.98 Å². The molecule has 10 heteroatoms. The number of aromatic nitrogens is 2. The summed E-state index contributed by atoms with van der Waals surface area (Å²) in [5, 5.41) is 17.8. The average molecular weight is 371 g/mol. The molecule has 0 aliphatic heterocycles. The Bertz CT molecular complexity index is 741. The number of likely N-dealkylation sites (N-methyl/N-ethyl adjacent to an activating group) is 1. The van der Waals surface area contributed by atoms with Crippen LogP contribution in [0.5, 0.6) is 0 Å². The first-order valence-electron chi connectivity index (χ1n) is 6.99. The Morgan fingerprint density at radius 1 is 1.29 bits per heavy atom. The van der Waals surface area contributed by atoms with Crippen molar-refractivity contribution in [1.29, 1.82) is 0 Å². The van der Waals surface area contributed by atoms with Crippen LogP contribution in [0.25, 0.3) is 0 Å². The molecule has 1 aromatic heterocycles. The molecule has 0 saturated carbocycles. The van der Waals surface area contributed by atoms with Gasteiger partial charge in [0.1, 0.15) is 6.20 Å². The third-order valence-electron chi connectivity index (χ3n) is 2.99. The van der Waals surface area contributed by atoms with Crippen molar-refractivity contribution in [2.75, 3.05) is 37.8 Å². The van der Waals surface area contributed by atoms with E-state index in [9.17, 15) is 10.1 Å². The van der Waals surface area contributed by atoms with Gasteiger partial charge in [-0.3, -0.25) is 10.1 Å². The molecule has 0 saturated heterocycles. The van der Waals surface area contributed by atoms with Crippen molar-refractivity contribution in [1.82, 2.24) is 14.9 Å². The predicted molar refractivity (Wildman–Crippen MR) is 95.5 cm³/mol. The monoisotopic (exact) mass is 370 g/mol. The highest BCUT2D eigenvalue weighted by Gasteiger charge is 2.17. The fourth-order valence-corrected chi connectivity index (χ4v) is 2.10. The van der Waals surface area contributed by atoms with Gasteiger partial charge in [-0.25, -0.2) is 4.98 Å². The molecule has 0 aliphatic rings. The van der Waals surface area contributed by atoms with E-state index in [-0.39, 0.29) is 17.5 Å². The SMILES string of the molecule is CN(C)CCNc1nc(Nc2ccc(Cl)c(Cl)c2)ncc1[N+](=O)[O-]. The van der Waals surface area contributed by atoms with Crippen LogP contribution in [0, 0.1) is 10.1 Å². The molecule has 0 bridgehead atoms. The fourth-order valence-electron chi connectivity index (χ4n) is 1.80. The smallest absolute Gasteiger partial charge is 0.329 e. The molecule has 0 fully saturated rings. The molecule has 0 aliphatic carbocycles. The van der Waals surface area contributed by atoms with E-state index in [2.05, 4.69) is 20.6 Å². The van der Waals surface area contributed by atoms with Gasteiger partial charge in [0, 0.05) is 18.8 Å². The van der Waals surface area contributed by atoms with Crippen molar-refractivity contribution in [2.24, 2.45) is 0 Å². The second-order valence-electron chi connectivity index (χ2n) is 5.17. The van der Waals surface area contributed by atoms with E-state index in [1.807, 2.05) is 19.0 Å².